The third kappa shape index (κ3) is 7.59. The Hall–Kier alpha value is -3.31. The minimum atomic E-state index is -0.996. The molecule has 1 heterocycles. The first-order chi connectivity index (χ1) is 16.9. The van der Waals surface area contributed by atoms with E-state index in [4.69, 9.17) is 4.74 Å². The molecule has 0 bridgehead atoms. The van der Waals surface area contributed by atoms with Crippen molar-refractivity contribution in [3.05, 3.63) is 91.4 Å². The molecule has 2 aromatic carbocycles. The van der Waals surface area contributed by atoms with Gasteiger partial charge in [0.1, 0.15) is 28.5 Å². The molecule has 192 valence electrons. The molecule has 1 aromatic heterocycles. The summed E-state index contributed by atoms with van der Waals surface area (Å²) in [6, 6.07) is 10.1. The van der Waals surface area contributed by atoms with Crippen molar-refractivity contribution in [3.63, 3.8) is 0 Å². The van der Waals surface area contributed by atoms with Gasteiger partial charge >= 0.3 is 6.03 Å². The lowest BCUT2D eigenvalue weighted by molar-refractivity contribution is 0.0819. The Labute approximate surface area is 215 Å². The van der Waals surface area contributed by atoms with Gasteiger partial charge in [0.25, 0.3) is 5.56 Å². The van der Waals surface area contributed by atoms with Crippen LogP contribution in [0, 0.1) is 18.6 Å². The fourth-order valence-corrected chi connectivity index (χ4v) is 3.58. The van der Waals surface area contributed by atoms with E-state index in [1.807, 2.05) is 24.3 Å². The molecule has 3 rings (SSSR count). The fraction of sp³-hybridized carbons (Fsp3) is 0.320. The van der Waals surface area contributed by atoms with Crippen molar-refractivity contribution in [2.45, 2.75) is 46.1 Å². The first-order valence-electron chi connectivity index (χ1n) is 11.1. The Bertz CT molecular complexity index is 1290. The zero-order chi connectivity index (χ0) is 26.5. The van der Waals surface area contributed by atoms with E-state index < -0.39 is 17.2 Å². The Morgan fingerprint density at radius 3 is 2.44 bits per heavy atom. The number of nitrogens with one attached hydrogen (secondary N) is 2. The van der Waals surface area contributed by atoms with Crippen LogP contribution in [0.2, 0.25) is 0 Å². The molecule has 0 unspecified atom stereocenters. The van der Waals surface area contributed by atoms with Gasteiger partial charge in [0.15, 0.2) is 0 Å². The third-order valence-electron chi connectivity index (χ3n) is 5.15. The van der Waals surface area contributed by atoms with Gasteiger partial charge in [-0.2, -0.15) is 4.98 Å². The highest BCUT2D eigenvalue weighted by molar-refractivity contribution is 9.10. The number of hydrogen-bond acceptors (Lipinski definition) is 5. The van der Waals surface area contributed by atoms with Crippen molar-refractivity contribution in [2.24, 2.45) is 0 Å². The summed E-state index contributed by atoms with van der Waals surface area (Å²) in [4.78, 5) is 29.1. The number of halogens is 3. The molecular weight excluding hydrogens is 538 g/mol. The molecule has 8 nitrogen and oxygen atoms in total. The van der Waals surface area contributed by atoms with Gasteiger partial charge in [-0.1, -0.05) is 24.3 Å². The number of ether oxygens (including phenoxy) is 1. The number of hydrogen-bond donors (Lipinski definition) is 3. The van der Waals surface area contributed by atoms with Crippen LogP contribution >= 0.6 is 15.9 Å². The predicted molar refractivity (Wildman–Crippen MR) is 134 cm³/mol. The van der Waals surface area contributed by atoms with Gasteiger partial charge in [0, 0.05) is 24.7 Å². The van der Waals surface area contributed by atoms with Crippen LogP contribution in [0.15, 0.2) is 51.7 Å². The summed E-state index contributed by atoms with van der Waals surface area (Å²) in [5.41, 5.74) is 0.468. The molecule has 0 saturated carbocycles. The monoisotopic (exact) mass is 564 g/mol. The molecule has 0 aliphatic rings. The summed E-state index contributed by atoms with van der Waals surface area (Å²) in [6.07, 6.45) is 0. The zero-order valence-corrected chi connectivity index (χ0v) is 21.7. The lowest BCUT2D eigenvalue weighted by Gasteiger charge is -2.18. The molecule has 0 fully saturated rings. The Balaban J connectivity index is 1.63. The second-order valence-electron chi connectivity index (χ2n) is 8.86. The lowest BCUT2D eigenvalue weighted by Crippen LogP contribution is -2.43. The van der Waals surface area contributed by atoms with Crippen LogP contribution in [0.4, 0.5) is 13.6 Å². The maximum absolute atomic E-state index is 13.9. The number of amides is 2. The number of aryl methyl sites for hydroxylation is 1. The van der Waals surface area contributed by atoms with Crippen molar-refractivity contribution >= 4 is 22.0 Å². The molecule has 3 N–H and O–H groups in total. The first-order valence-corrected chi connectivity index (χ1v) is 11.9. The Morgan fingerprint density at radius 1 is 1.14 bits per heavy atom. The maximum atomic E-state index is 13.9. The van der Waals surface area contributed by atoms with Crippen LogP contribution in [0.1, 0.15) is 36.4 Å². The molecule has 0 spiro atoms. The number of carbonyl (C=O) groups is 1. The number of nitrogens with zero attached hydrogens (tertiary/aromatic N) is 2. The van der Waals surface area contributed by atoms with Gasteiger partial charge < -0.3 is 20.5 Å². The summed E-state index contributed by atoms with van der Waals surface area (Å²) in [5.74, 6) is -1.02. The number of rotatable bonds is 9. The van der Waals surface area contributed by atoms with Crippen LogP contribution in [0.3, 0.4) is 0 Å². The highest BCUT2D eigenvalue weighted by atomic mass is 79.9. The lowest BCUT2D eigenvalue weighted by atomic mass is 10.1. The van der Waals surface area contributed by atoms with E-state index in [1.165, 1.54) is 10.6 Å². The number of aliphatic hydroxyl groups is 1. The van der Waals surface area contributed by atoms with Gasteiger partial charge in [-0.15, -0.1) is 0 Å². The summed E-state index contributed by atoms with van der Waals surface area (Å²) in [6.45, 7) is 5.32. The predicted octanol–water partition coefficient (Wildman–Crippen LogP) is 3.79. The zero-order valence-electron chi connectivity index (χ0n) is 20.1. The van der Waals surface area contributed by atoms with Gasteiger partial charge in [0.05, 0.1) is 12.1 Å². The van der Waals surface area contributed by atoms with Crippen molar-refractivity contribution in [1.82, 2.24) is 20.2 Å². The fourth-order valence-electron chi connectivity index (χ4n) is 3.17. The normalized spacial score (nSPS) is 11.3. The van der Waals surface area contributed by atoms with Crippen LogP contribution < -0.4 is 20.9 Å². The van der Waals surface area contributed by atoms with Crippen molar-refractivity contribution in [1.29, 1.82) is 0 Å². The Kier molecular flexibility index (Phi) is 8.80. The van der Waals surface area contributed by atoms with Crippen LogP contribution in [-0.4, -0.2) is 32.8 Å². The minimum absolute atomic E-state index is 0.0155. The van der Waals surface area contributed by atoms with Crippen molar-refractivity contribution in [2.75, 3.05) is 6.54 Å². The molecule has 0 saturated heterocycles. The standard InChI is InChI=1S/C25H27BrF2N4O4/c1-15-31-22(36-13-18-8-9-19(27)10-20(18)28)21(26)23(33)32(15)12-17-6-4-16(5-7-17)11-29-24(34)30-14-25(2,3)35/h4-10,35H,11-14H2,1-3H3,(H2,29,30,34). The molecule has 3 aromatic rings. The number of carbonyl (C=O) groups excluding carboxylic acids is 1. The molecule has 0 radical (unpaired) electrons. The van der Waals surface area contributed by atoms with E-state index in [9.17, 15) is 23.5 Å². The summed E-state index contributed by atoms with van der Waals surface area (Å²) < 4.78 is 34.0. The van der Waals surface area contributed by atoms with Crippen LogP contribution in [0.5, 0.6) is 5.88 Å². The molecule has 0 aliphatic carbocycles. The number of aromatic nitrogens is 2. The van der Waals surface area contributed by atoms with E-state index in [2.05, 4.69) is 31.5 Å². The average Bonchev–Trinajstić information content (AvgIpc) is 2.81. The molecule has 2 amide bonds. The van der Waals surface area contributed by atoms with E-state index in [0.717, 1.165) is 23.3 Å². The van der Waals surface area contributed by atoms with Gasteiger partial charge in [-0.3, -0.25) is 9.36 Å². The molecule has 0 aliphatic heterocycles. The second kappa shape index (κ2) is 11.6. The minimum Gasteiger partial charge on any atom is -0.472 e. The topological polar surface area (TPSA) is 105 Å². The van der Waals surface area contributed by atoms with E-state index in [0.29, 0.717) is 12.4 Å². The highest BCUT2D eigenvalue weighted by Gasteiger charge is 2.16. The van der Waals surface area contributed by atoms with Gasteiger partial charge in [-0.05, 0) is 60.0 Å². The Morgan fingerprint density at radius 2 is 1.81 bits per heavy atom. The van der Waals surface area contributed by atoms with Gasteiger partial charge in [-0.25, -0.2) is 13.6 Å². The summed E-state index contributed by atoms with van der Waals surface area (Å²) in [5, 5.41) is 15.0. The molecule has 11 heteroatoms. The summed E-state index contributed by atoms with van der Waals surface area (Å²) in [7, 11) is 0. The molecule has 36 heavy (non-hydrogen) atoms. The molecule has 0 atom stereocenters. The van der Waals surface area contributed by atoms with E-state index >= 15 is 0 Å². The van der Waals surface area contributed by atoms with E-state index in [1.54, 1.807) is 20.8 Å². The van der Waals surface area contributed by atoms with E-state index in [-0.39, 0.29) is 47.2 Å². The first kappa shape index (κ1) is 27.3. The SMILES string of the molecule is Cc1nc(OCc2ccc(F)cc2F)c(Br)c(=O)n1Cc1ccc(CNC(=O)NCC(C)(C)O)cc1. The molecular formula is C25H27BrF2N4O4. The smallest absolute Gasteiger partial charge is 0.315 e. The average molecular weight is 565 g/mol. The highest BCUT2D eigenvalue weighted by Crippen LogP contribution is 2.21. The number of urea groups is 1. The van der Waals surface area contributed by atoms with Crippen molar-refractivity contribution < 1.29 is 23.4 Å². The number of benzene rings is 2. The summed E-state index contributed by atoms with van der Waals surface area (Å²) >= 11 is 3.22. The van der Waals surface area contributed by atoms with Crippen LogP contribution in [0.25, 0.3) is 0 Å². The maximum Gasteiger partial charge on any atom is 0.315 e. The van der Waals surface area contributed by atoms with Gasteiger partial charge in [0.2, 0.25) is 5.88 Å². The largest absolute Gasteiger partial charge is 0.472 e. The second-order valence-corrected chi connectivity index (χ2v) is 9.65. The van der Waals surface area contributed by atoms with Crippen LogP contribution in [-0.2, 0) is 19.7 Å². The quantitative estimate of drug-likeness (QED) is 0.366. The third-order valence-corrected chi connectivity index (χ3v) is 5.83. The van der Waals surface area contributed by atoms with Crippen molar-refractivity contribution in [3.8, 4) is 5.88 Å².